The second kappa shape index (κ2) is 5.26. The number of thiophene rings is 1. The lowest BCUT2D eigenvalue weighted by Gasteiger charge is -2.03. The number of fused-ring (bicyclic) bond motifs is 1. The maximum Gasteiger partial charge on any atom is 0.341 e. The average Bonchev–Trinajstić information content (AvgIpc) is 3.06. The third-order valence-corrected chi connectivity index (χ3v) is 4.32. The summed E-state index contributed by atoms with van der Waals surface area (Å²) in [6.07, 6.45) is 0.808. The zero-order valence-electron chi connectivity index (χ0n) is 11.8. The molecule has 21 heavy (non-hydrogen) atoms. The lowest BCUT2D eigenvalue weighted by Crippen LogP contribution is -2.04. The minimum Gasteiger partial charge on any atom is -0.465 e. The molecule has 2 N–H and O–H groups in total. The number of methoxy groups -OCH3 is 1. The van der Waals surface area contributed by atoms with Crippen LogP contribution < -0.4 is 5.73 Å². The normalized spacial score (nSPS) is 11.0. The summed E-state index contributed by atoms with van der Waals surface area (Å²) in [7, 11) is 1.35. The largest absolute Gasteiger partial charge is 0.465 e. The van der Waals surface area contributed by atoms with Gasteiger partial charge < -0.3 is 14.9 Å². The molecule has 3 aromatic rings. The quantitative estimate of drug-likeness (QED) is 0.740. The number of carbonyl (C=O) groups is 1. The SMILES string of the molecule is CCc1c(-c2csc(N)c2C(=O)OC)oc2ccccc12. The van der Waals surface area contributed by atoms with Gasteiger partial charge in [-0.2, -0.15) is 0 Å². The number of nitrogens with two attached hydrogens (primary N) is 1. The Balaban J connectivity index is 2.28. The van der Waals surface area contributed by atoms with Crippen molar-refractivity contribution in [3.05, 3.63) is 40.8 Å². The molecule has 0 amide bonds. The van der Waals surface area contributed by atoms with Gasteiger partial charge in [0.1, 0.15) is 21.9 Å². The van der Waals surface area contributed by atoms with E-state index in [-0.39, 0.29) is 0 Å². The number of anilines is 1. The third-order valence-electron chi connectivity index (χ3n) is 3.51. The molecule has 0 aliphatic heterocycles. The van der Waals surface area contributed by atoms with Crippen molar-refractivity contribution in [1.29, 1.82) is 0 Å². The highest BCUT2D eigenvalue weighted by atomic mass is 32.1. The fraction of sp³-hybridized carbons (Fsp3) is 0.188. The summed E-state index contributed by atoms with van der Waals surface area (Å²) in [6, 6.07) is 7.85. The lowest BCUT2D eigenvalue weighted by molar-refractivity contribution is 0.0603. The smallest absolute Gasteiger partial charge is 0.341 e. The number of rotatable bonds is 3. The average molecular weight is 301 g/mol. The fourth-order valence-electron chi connectivity index (χ4n) is 2.52. The van der Waals surface area contributed by atoms with Gasteiger partial charge in [-0.3, -0.25) is 0 Å². The van der Waals surface area contributed by atoms with Gasteiger partial charge in [0.25, 0.3) is 0 Å². The summed E-state index contributed by atoms with van der Waals surface area (Å²) in [5.41, 5.74) is 8.90. The van der Waals surface area contributed by atoms with Crippen LogP contribution in [0.5, 0.6) is 0 Å². The Morgan fingerprint density at radius 2 is 2.14 bits per heavy atom. The summed E-state index contributed by atoms with van der Waals surface area (Å²) in [5, 5.41) is 3.35. The van der Waals surface area contributed by atoms with Crippen LogP contribution in [0.2, 0.25) is 0 Å². The maximum absolute atomic E-state index is 12.0. The molecule has 108 valence electrons. The van der Waals surface area contributed by atoms with Crippen LogP contribution in [0.3, 0.4) is 0 Å². The van der Waals surface area contributed by atoms with Crippen molar-refractivity contribution in [2.75, 3.05) is 12.8 Å². The number of ether oxygens (including phenoxy) is 1. The number of hydrogen-bond acceptors (Lipinski definition) is 5. The predicted octanol–water partition coefficient (Wildman–Crippen LogP) is 4.09. The first-order chi connectivity index (χ1) is 10.2. The number of para-hydroxylation sites is 1. The van der Waals surface area contributed by atoms with Gasteiger partial charge in [-0.1, -0.05) is 25.1 Å². The van der Waals surface area contributed by atoms with Gasteiger partial charge in [0.15, 0.2) is 0 Å². The topological polar surface area (TPSA) is 65.5 Å². The minimum atomic E-state index is -0.439. The molecule has 0 radical (unpaired) electrons. The number of carbonyl (C=O) groups excluding carboxylic acids is 1. The van der Waals surface area contributed by atoms with Crippen LogP contribution in [0.4, 0.5) is 5.00 Å². The number of benzene rings is 1. The monoisotopic (exact) mass is 301 g/mol. The molecule has 3 rings (SSSR count). The van der Waals surface area contributed by atoms with E-state index in [0.717, 1.165) is 23.0 Å². The highest BCUT2D eigenvalue weighted by molar-refractivity contribution is 7.14. The lowest BCUT2D eigenvalue weighted by atomic mass is 10.0. The second-order valence-electron chi connectivity index (χ2n) is 4.64. The Labute approximate surface area is 126 Å². The Hall–Kier alpha value is -2.27. The van der Waals surface area contributed by atoms with Crippen molar-refractivity contribution in [3.63, 3.8) is 0 Å². The highest BCUT2D eigenvalue weighted by Gasteiger charge is 2.24. The second-order valence-corrected chi connectivity index (χ2v) is 5.55. The molecule has 4 nitrogen and oxygen atoms in total. The molecule has 2 heterocycles. The van der Waals surface area contributed by atoms with E-state index < -0.39 is 5.97 Å². The van der Waals surface area contributed by atoms with E-state index in [9.17, 15) is 4.79 Å². The number of hydrogen-bond donors (Lipinski definition) is 1. The molecule has 0 aliphatic rings. The highest BCUT2D eigenvalue weighted by Crippen LogP contribution is 2.40. The number of furan rings is 1. The van der Waals surface area contributed by atoms with E-state index >= 15 is 0 Å². The standard InChI is InChI=1S/C16H15NO3S/c1-3-9-10-6-4-5-7-12(10)20-14(9)11-8-21-15(17)13(11)16(18)19-2/h4-8H,3,17H2,1-2H3. The zero-order chi connectivity index (χ0) is 15.0. The molecule has 2 aromatic heterocycles. The first-order valence-corrected chi connectivity index (χ1v) is 7.51. The minimum absolute atomic E-state index is 0.385. The molecule has 0 saturated carbocycles. The van der Waals surface area contributed by atoms with E-state index in [1.165, 1.54) is 18.4 Å². The van der Waals surface area contributed by atoms with Crippen LogP contribution in [-0.4, -0.2) is 13.1 Å². The molecule has 0 aliphatic carbocycles. The molecule has 0 bridgehead atoms. The third kappa shape index (κ3) is 2.10. The molecule has 0 fully saturated rings. The molecule has 0 saturated heterocycles. The Morgan fingerprint density at radius 1 is 1.38 bits per heavy atom. The van der Waals surface area contributed by atoms with Crippen molar-refractivity contribution >= 4 is 33.3 Å². The Morgan fingerprint density at radius 3 is 2.86 bits per heavy atom. The van der Waals surface area contributed by atoms with Crippen molar-refractivity contribution < 1.29 is 13.9 Å². The van der Waals surface area contributed by atoms with Crippen molar-refractivity contribution in [2.45, 2.75) is 13.3 Å². The fourth-order valence-corrected chi connectivity index (χ4v) is 3.30. The van der Waals surface area contributed by atoms with Gasteiger partial charge in [-0.05, 0) is 12.5 Å². The van der Waals surface area contributed by atoms with Crippen molar-refractivity contribution in [1.82, 2.24) is 0 Å². The molecule has 0 atom stereocenters. The number of aryl methyl sites for hydroxylation is 1. The van der Waals surface area contributed by atoms with E-state index in [0.29, 0.717) is 21.9 Å². The molecular formula is C16H15NO3S. The van der Waals surface area contributed by atoms with E-state index in [1.807, 2.05) is 29.6 Å². The van der Waals surface area contributed by atoms with Gasteiger partial charge in [0.2, 0.25) is 0 Å². The molecule has 5 heteroatoms. The van der Waals surface area contributed by atoms with E-state index in [1.54, 1.807) is 0 Å². The first kappa shape index (κ1) is 13.7. The van der Waals surface area contributed by atoms with Crippen LogP contribution in [0, 0.1) is 0 Å². The number of nitrogen functional groups attached to an aromatic ring is 1. The van der Waals surface area contributed by atoms with Gasteiger partial charge in [-0.25, -0.2) is 4.79 Å². The van der Waals surface area contributed by atoms with E-state index in [2.05, 4.69) is 6.92 Å². The van der Waals surface area contributed by atoms with Gasteiger partial charge in [0.05, 0.1) is 7.11 Å². The summed E-state index contributed by atoms with van der Waals surface area (Å²) in [4.78, 5) is 12.0. The summed E-state index contributed by atoms with van der Waals surface area (Å²) >= 11 is 1.32. The van der Waals surface area contributed by atoms with Crippen molar-refractivity contribution in [3.8, 4) is 11.3 Å². The maximum atomic E-state index is 12.0. The molecule has 0 unspecified atom stereocenters. The van der Waals surface area contributed by atoms with E-state index in [4.69, 9.17) is 14.9 Å². The number of esters is 1. The molecular weight excluding hydrogens is 286 g/mol. The van der Waals surface area contributed by atoms with Crippen LogP contribution in [0.15, 0.2) is 34.1 Å². The summed E-state index contributed by atoms with van der Waals surface area (Å²) in [6.45, 7) is 2.06. The van der Waals surface area contributed by atoms with Gasteiger partial charge >= 0.3 is 5.97 Å². The van der Waals surface area contributed by atoms with Crippen molar-refractivity contribution in [2.24, 2.45) is 0 Å². The predicted molar refractivity (Wildman–Crippen MR) is 84.7 cm³/mol. The zero-order valence-corrected chi connectivity index (χ0v) is 12.6. The van der Waals surface area contributed by atoms with Gasteiger partial charge in [-0.15, -0.1) is 11.3 Å². The van der Waals surface area contributed by atoms with Crippen LogP contribution in [-0.2, 0) is 11.2 Å². The summed E-state index contributed by atoms with van der Waals surface area (Å²) < 4.78 is 10.8. The van der Waals surface area contributed by atoms with Crippen LogP contribution in [0.1, 0.15) is 22.8 Å². The summed E-state index contributed by atoms with van der Waals surface area (Å²) in [5.74, 6) is 0.262. The van der Waals surface area contributed by atoms with Gasteiger partial charge in [0, 0.05) is 21.9 Å². The Bertz CT molecular complexity index is 816. The van der Waals surface area contributed by atoms with Crippen LogP contribution >= 0.6 is 11.3 Å². The molecule has 0 spiro atoms. The Kier molecular flexibility index (Phi) is 3.43. The molecule has 1 aromatic carbocycles. The van der Waals surface area contributed by atoms with Crippen LogP contribution in [0.25, 0.3) is 22.3 Å². The first-order valence-electron chi connectivity index (χ1n) is 6.63.